The fourth-order valence-electron chi connectivity index (χ4n) is 2.95. The van der Waals surface area contributed by atoms with Crippen LogP contribution in [0.15, 0.2) is 4.79 Å². The van der Waals surface area contributed by atoms with Gasteiger partial charge in [-0.05, 0) is 49.7 Å². The van der Waals surface area contributed by atoms with Crippen LogP contribution in [0.2, 0.25) is 0 Å². The lowest BCUT2D eigenvalue weighted by atomic mass is 9.88. The smallest absolute Gasteiger partial charge is 0.251 e. The molecule has 3 nitrogen and oxygen atoms in total. The molecule has 0 spiro atoms. The molecule has 1 heterocycles. The third-order valence-electron chi connectivity index (χ3n) is 3.72. The highest BCUT2D eigenvalue weighted by Gasteiger charge is 2.25. The van der Waals surface area contributed by atoms with E-state index in [1.165, 1.54) is 11.1 Å². The Hall–Kier alpha value is -1.09. The Bertz CT molecular complexity index is 461. The van der Waals surface area contributed by atoms with Crippen molar-refractivity contribution in [3.63, 3.8) is 0 Å². The van der Waals surface area contributed by atoms with Crippen molar-refractivity contribution in [3.05, 3.63) is 32.7 Å². The van der Waals surface area contributed by atoms with Crippen LogP contribution in [0.3, 0.4) is 0 Å². The molecule has 80 valence electrons. The Kier molecular flexibility index (Phi) is 1.96. The molecule has 15 heavy (non-hydrogen) atoms. The highest BCUT2D eigenvalue weighted by Crippen LogP contribution is 2.28. The van der Waals surface area contributed by atoms with E-state index in [1.807, 2.05) is 0 Å². The van der Waals surface area contributed by atoms with Crippen LogP contribution in [0.25, 0.3) is 0 Å². The molecule has 0 saturated carbocycles. The predicted octanol–water partition coefficient (Wildman–Crippen LogP) is 0.680. The fourth-order valence-corrected chi connectivity index (χ4v) is 2.95. The largest absolute Gasteiger partial charge is 0.327 e. The lowest BCUT2D eigenvalue weighted by Gasteiger charge is -2.23. The van der Waals surface area contributed by atoms with Gasteiger partial charge in [0.1, 0.15) is 0 Å². The van der Waals surface area contributed by atoms with E-state index in [1.54, 1.807) is 0 Å². The molecular weight excluding hydrogens is 188 g/mol. The van der Waals surface area contributed by atoms with Gasteiger partial charge in [-0.25, -0.2) is 0 Å². The van der Waals surface area contributed by atoms with Gasteiger partial charge in [0, 0.05) is 17.3 Å². The molecular formula is C12H16N2O. The lowest BCUT2D eigenvalue weighted by molar-refractivity contribution is 0.562. The number of pyridine rings is 1. The zero-order valence-electron chi connectivity index (χ0n) is 8.81. The van der Waals surface area contributed by atoms with E-state index in [9.17, 15) is 4.79 Å². The number of aromatic nitrogens is 1. The molecule has 0 aliphatic heterocycles. The second kappa shape index (κ2) is 3.20. The van der Waals surface area contributed by atoms with Gasteiger partial charge >= 0.3 is 0 Å². The Labute approximate surface area is 88.7 Å². The zero-order chi connectivity index (χ0) is 10.4. The average Bonchev–Trinajstić information content (AvgIpc) is 2.69. The second-order valence-corrected chi connectivity index (χ2v) is 4.72. The van der Waals surface area contributed by atoms with E-state index in [-0.39, 0.29) is 11.6 Å². The number of aromatic amines is 1. The van der Waals surface area contributed by atoms with Gasteiger partial charge in [-0.3, -0.25) is 4.79 Å². The standard InChI is InChI=1S/C12H16N2O/c13-7-4-5-11-10(6-7)8-2-1-3-9(8)12(15)14-11/h7H,1-6,13H2,(H,14,15). The van der Waals surface area contributed by atoms with Crippen molar-refractivity contribution in [3.8, 4) is 0 Å². The first kappa shape index (κ1) is 9.16. The Morgan fingerprint density at radius 3 is 2.80 bits per heavy atom. The second-order valence-electron chi connectivity index (χ2n) is 4.72. The highest BCUT2D eigenvalue weighted by atomic mass is 16.1. The fraction of sp³-hybridized carbons (Fsp3) is 0.583. The summed E-state index contributed by atoms with van der Waals surface area (Å²) in [6, 6.07) is 0.285. The minimum atomic E-state index is 0.150. The number of H-pyrrole nitrogens is 1. The minimum Gasteiger partial charge on any atom is -0.327 e. The van der Waals surface area contributed by atoms with Crippen molar-refractivity contribution in [1.29, 1.82) is 0 Å². The van der Waals surface area contributed by atoms with Crippen molar-refractivity contribution in [1.82, 2.24) is 4.98 Å². The molecule has 1 aromatic heterocycles. The summed E-state index contributed by atoms with van der Waals surface area (Å²) in [7, 11) is 0. The van der Waals surface area contributed by atoms with Gasteiger partial charge in [0.05, 0.1) is 0 Å². The van der Waals surface area contributed by atoms with E-state index >= 15 is 0 Å². The molecule has 1 unspecified atom stereocenters. The number of hydrogen-bond donors (Lipinski definition) is 2. The molecule has 2 aliphatic rings. The minimum absolute atomic E-state index is 0.150. The van der Waals surface area contributed by atoms with Gasteiger partial charge in [0.2, 0.25) is 0 Å². The molecule has 0 amide bonds. The van der Waals surface area contributed by atoms with E-state index in [0.717, 1.165) is 49.8 Å². The predicted molar refractivity (Wildman–Crippen MR) is 59.1 cm³/mol. The summed E-state index contributed by atoms with van der Waals surface area (Å²) in [5, 5.41) is 0. The van der Waals surface area contributed by atoms with E-state index in [0.29, 0.717) is 0 Å². The number of rotatable bonds is 0. The van der Waals surface area contributed by atoms with Gasteiger partial charge in [0.15, 0.2) is 0 Å². The van der Waals surface area contributed by atoms with Crippen LogP contribution in [-0.4, -0.2) is 11.0 Å². The molecule has 0 aromatic carbocycles. The molecule has 1 atom stereocenters. The average molecular weight is 204 g/mol. The summed E-state index contributed by atoms with van der Waals surface area (Å²) in [5.74, 6) is 0. The van der Waals surface area contributed by atoms with Crippen molar-refractivity contribution < 1.29 is 0 Å². The summed E-state index contributed by atoms with van der Waals surface area (Å²) < 4.78 is 0. The summed E-state index contributed by atoms with van der Waals surface area (Å²) in [4.78, 5) is 14.8. The third kappa shape index (κ3) is 1.34. The Morgan fingerprint density at radius 2 is 1.93 bits per heavy atom. The maximum Gasteiger partial charge on any atom is 0.251 e. The van der Waals surface area contributed by atoms with Crippen LogP contribution in [0.5, 0.6) is 0 Å². The Balaban J connectivity index is 2.21. The van der Waals surface area contributed by atoms with Crippen LogP contribution in [0, 0.1) is 0 Å². The number of aryl methyl sites for hydroxylation is 1. The van der Waals surface area contributed by atoms with E-state index in [4.69, 9.17) is 5.73 Å². The summed E-state index contributed by atoms with van der Waals surface area (Å²) in [6.45, 7) is 0. The maximum atomic E-state index is 11.8. The highest BCUT2D eigenvalue weighted by molar-refractivity contribution is 5.41. The van der Waals surface area contributed by atoms with Gasteiger partial charge in [-0.1, -0.05) is 0 Å². The van der Waals surface area contributed by atoms with Crippen LogP contribution in [0.1, 0.15) is 35.2 Å². The van der Waals surface area contributed by atoms with Gasteiger partial charge < -0.3 is 10.7 Å². The lowest BCUT2D eigenvalue weighted by Crippen LogP contribution is -2.31. The number of fused-ring (bicyclic) bond motifs is 3. The van der Waals surface area contributed by atoms with Crippen molar-refractivity contribution in [2.75, 3.05) is 0 Å². The zero-order valence-corrected chi connectivity index (χ0v) is 8.81. The Morgan fingerprint density at radius 1 is 1.13 bits per heavy atom. The van der Waals surface area contributed by atoms with Crippen LogP contribution in [-0.2, 0) is 25.7 Å². The molecule has 1 aromatic rings. The van der Waals surface area contributed by atoms with Gasteiger partial charge in [0.25, 0.3) is 5.56 Å². The number of nitrogens with two attached hydrogens (primary N) is 1. The van der Waals surface area contributed by atoms with E-state index in [2.05, 4.69) is 4.98 Å². The number of nitrogens with one attached hydrogen (secondary N) is 1. The summed E-state index contributed by atoms with van der Waals surface area (Å²) >= 11 is 0. The van der Waals surface area contributed by atoms with Crippen LogP contribution >= 0.6 is 0 Å². The summed E-state index contributed by atoms with van der Waals surface area (Å²) in [5.41, 5.74) is 11.0. The monoisotopic (exact) mass is 204 g/mol. The van der Waals surface area contributed by atoms with Crippen LogP contribution < -0.4 is 11.3 Å². The third-order valence-corrected chi connectivity index (χ3v) is 3.72. The molecule has 3 heteroatoms. The number of hydrogen-bond acceptors (Lipinski definition) is 2. The molecule has 0 saturated heterocycles. The maximum absolute atomic E-state index is 11.8. The first-order valence-electron chi connectivity index (χ1n) is 5.77. The molecule has 2 aliphatic carbocycles. The molecule has 0 bridgehead atoms. The first-order chi connectivity index (χ1) is 7.25. The van der Waals surface area contributed by atoms with Crippen molar-refractivity contribution >= 4 is 0 Å². The van der Waals surface area contributed by atoms with Crippen molar-refractivity contribution in [2.24, 2.45) is 5.73 Å². The van der Waals surface area contributed by atoms with Crippen LogP contribution in [0.4, 0.5) is 0 Å². The van der Waals surface area contributed by atoms with E-state index < -0.39 is 0 Å². The van der Waals surface area contributed by atoms with Gasteiger partial charge in [-0.15, -0.1) is 0 Å². The topological polar surface area (TPSA) is 58.9 Å². The summed E-state index contributed by atoms with van der Waals surface area (Å²) in [6.07, 6.45) is 6.06. The molecule has 0 radical (unpaired) electrons. The first-order valence-corrected chi connectivity index (χ1v) is 5.77. The quantitative estimate of drug-likeness (QED) is 0.653. The van der Waals surface area contributed by atoms with Gasteiger partial charge in [-0.2, -0.15) is 0 Å². The molecule has 3 N–H and O–H groups in total. The van der Waals surface area contributed by atoms with Crippen molar-refractivity contribution in [2.45, 2.75) is 44.6 Å². The molecule has 0 fully saturated rings. The normalized spacial score (nSPS) is 23.7. The SMILES string of the molecule is NC1CCc2[nH]c(=O)c3c(c2C1)CCC3. The molecule has 3 rings (SSSR count).